The van der Waals surface area contributed by atoms with Gasteiger partial charge in [0.15, 0.2) is 0 Å². The summed E-state index contributed by atoms with van der Waals surface area (Å²) in [4.78, 5) is 7.69. The number of benzene rings is 1. The SMILES string of the molecule is Cc1nn(C)cc1-c1cc(-c2c(C)noc2C)cc2[nH]cnc12. The van der Waals surface area contributed by atoms with Gasteiger partial charge in [0.05, 0.1) is 28.7 Å². The quantitative estimate of drug-likeness (QED) is 0.614. The molecule has 3 aromatic heterocycles. The summed E-state index contributed by atoms with van der Waals surface area (Å²) in [7, 11) is 1.93. The summed E-state index contributed by atoms with van der Waals surface area (Å²) < 4.78 is 7.15. The summed E-state index contributed by atoms with van der Waals surface area (Å²) in [5.74, 6) is 0.815. The van der Waals surface area contributed by atoms with Gasteiger partial charge < -0.3 is 9.51 Å². The number of aromatic amines is 1. The lowest BCUT2D eigenvalue weighted by molar-refractivity contribution is 0.393. The second-order valence-corrected chi connectivity index (χ2v) is 5.82. The predicted molar refractivity (Wildman–Crippen MR) is 88.0 cm³/mol. The number of hydrogen-bond donors (Lipinski definition) is 1. The Labute approximate surface area is 133 Å². The molecule has 0 aliphatic rings. The number of nitrogens with one attached hydrogen (secondary N) is 1. The number of imidazole rings is 1. The molecule has 0 atom stereocenters. The van der Waals surface area contributed by atoms with E-state index in [9.17, 15) is 0 Å². The van der Waals surface area contributed by atoms with Gasteiger partial charge in [-0.05, 0) is 38.5 Å². The minimum Gasteiger partial charge on any atom is -0.361 e. The smallest absolute Gasteiger partial charge is 0.141 e. The molecule has 0 aliphatic heterocycles. The monoisotopic (exact) mass is 307 g/mol. The Morgan fingerprint density at radius 1 is 1.09 bits per heavy atom. The highest BCUT2D eigenvalue weighted by atomic mass is 16.5. The number of nitrogens with zero attached hydrogens (tertiary/aromatic N) is 4. The summed E-state index contributed by atoms with van der Waals surface area (Å²) in [6, 6.07) is 4.23. The van der Waals surface area contributed by atoms with Crippen LogP contribution in [0.15, 0.2) is 29.2 Å². The molecule has 4 rings (SSSR count). The van der Waals surface area contributed by atoms with Crippen molar-refractivity contribution in [1.29, 1.82) is 0 Å². The lowest BCUT2D eigenvalue weighted by Crippen LogP contribution is -1.87. The van der Waals surface area contributed by atoms with E-state index in [1.165, 1.54) is 0 Å². The van der Waals surface area contributed by atoms with Crippen LogP contribution < -0.4 is 0 Å². The minimum atomic E-state index is 0.815. The molecule has 0 aliphatic carbocycles. The maximum Gasteiger partial charge on any atom is 0.141 e. The van der Waals surface area contributed by atoms with E-state index < -0.39 is 0 Å². The fourth-order valence-electron chi connectivity index (χ4n) is 3.16. The molecule has 4 aromatic rings. The van der Waals surface area contributed by atoms with Crippen molar-refractivity contribution in [3.8, 4) is 22.3 Å². The van der Waals surface area contributed by atoms with Crippen molar-refractivity contribution < 1.29 is 4.52 Å². The van der Waals surface area contributed by atoms with Gasteiger partial charge in [0.25, 0.3) is 0 Å². The number of H-pyrrole nitrogens is 1. The van der Waals surface area contributed by atoms with Crippen LogP contribution in [0.4, 0.5) is 0 Å². The maximum atomic E-state index is 5.32. The van der Waals surface area contributed by atoms with Crippen LogP contribution in [0.2, 0.25) is 0 Å². The molecule has 116 valence electrons. The Kier molecular flexibility index (Phi) is 2.87. The van der Waals surface area contributed by atoms with Crippen LogP contribution in [0, 0.1) is 20.8 Å². The third-order valence-electron chi connectivity index (χ3n) is 4.15. The molecular formula is C17H17N5O. The zero-order valence-corrected chi connectivity index (χ0v) is 13.5. The Hall–Kier alpha value is -2.89. The molecule has 0 bridgehead atoms. The first kappa shape index (κ1) is 13.8. The highest BCUT2D eigenvalue weighted by Gasteiger charge is 2.17. The average Bonchev–Trinajstić information content (AvgIpc) is 3.18. The zero-order valence-electron chi connectivity index (χ0n) is 13.5. The van der Waals surface area contributed by atoms with E-state index in [1.807, 2.05) is 38.7 Å². The van der Waals surface area contributed by atoms with E-state index in [0.717, 1.165) is 50.4 Å². The van der Waals surface area contributed by atoms with Crippen LogP contribution in [-0.2, 0) is 7.05 Å². The molecular weight excluding hydrogens is 290 g/mol. The largest absolute Gasteiger partial charge is 0.361 e. The van der Waals surface area contributed by atoms with Crippen LogP contribution in [0.1, 0.15) is 17.1 Å². The van der Waals surface area contributed by atoms with Crippen molar-refractivity contribution in [3.63, 3.8) is 0 Å². The molecule has 0 saturated heterocycles. The van der Waals surface area contributed by atoms with Crippen molar-refractivity contribution in [2.75, 3.05) is 0 Å². The summed E-state index contributed by atoms with van der Waals surface area (Å²) in [6.45, 7) is 5.90. The Bertz CT molecular complexity index is 1000. The molecule has 6 nitrogen and oxygen atoms in total. The molecule has 0 radical (unpaired) electrons. The molecule has 3 heterocycles. The maximum absolute atomic E-state index is 5.32. The molecule has 1 aromatic carbocycles. The second kappa shape index (κ2) is 4.81. The van der Waals surface area contributed by atoms with Crippen molar-refractivity contribution >= 4 is 11.0 Å². The van der Waals surface area contributed by atoms with Gasteiger partial charge in [-0.2, -0.15) is 5.10 Å². The minimum absolute atomic E-state index is 0.815. The van der Waals surface area contributed by atoms with E-state index in [-0.39, 0.29) is 0 Å². The van der Waals surface area contributed by atoms with Gasteiger partial charge in [0.2, 0.25) is 0 Å². The number of aryl methyl sites for hydroxylation is 4. The number of rotatable bonds is 2. The van der Waals surface area contributed by atoms with E-state index in [1.54, 1.807) is 6.33 Å². The first-order valence-corrected chi connectivity index (χ1v) is 7.45. The van der Waals surface area contributed by atoms with Crippen LogP contribution in [0.25, 0.3) is 33.3 Å². The number of hydrogen-bond acceptors (Lipinski definition) is 4. The van der Waals surface area contributed by atoms with E-state index in [0.29, 0.717) is 0 Å². The summed E-state index contributed by atoms with van der Waals surface area (Å²) in [5, 5.41) is 8.52. The number of fused-ring (bicyclic) bond motifs is 1. The first-order chi connectivity index (χ1) is 11.0. The molecule has 23 heavy (non-hydrogen) atoms. The van der Waals surface area contributed by atoms with Gasteiger partial charge in [-0.1, -0.05) is 5.16 Å². The highest BCUT2D eigenvalue weighted by Crippen LogP contribution is 2.35. The Balaban J connectivity index is 2.04. The fourth-order valence-corrected chi connectivity index (χ4v) is 3.16. The second-order valence-electron chi connectivity index (χ2n) is 5.82. The standard InChI is InChI=1S/C17H17N5O/c1-9-14(7-22(4)20-9)13-5-12(6-15-17(13)19-8-18-15)16-10(2)21-23-11(16)3/h5-8H,1-4H3,(H,18,19). The van der Waals surface area contributed by atoms with Crippen molar-refractivity contribution in [2.45, 2.75) is 20.8 Å². The van der Waals surface area contributed by atoms with E-state index in [2.05, 4.69) is 32.4 Å². The van der Waals surface area contributed by atoms with Gasteiger partial charge in [0.1, 0.15) is 5.76 Å². The Morgan fingerprint density at radius 3 is 2.57 bits per heavy atom. The highest BCUT2D eigenvalue weighted by molar-refractivity contribution is 5.96. The molecule has 0 fully saturated rings. The molecule has 1 N–H and O–H groups in total. The molecule has 0 spiro atoms. The summed E-state index contributed by atoms with van der Waals surface area (Å²) in [5.41, 5.74) is 8.03. The third kappa shape index (κ3) is 2.06. The van der Waals surface area contributed by atoms with Crippen LogP contribution >= 0.6 is 0 Å². The molecule has 0 unspecified atom stereocenters. The van der Waals surface area contributed by atoms with Gasteiger partial charge in [-0.15, -0.1) is 0 Å². The van der Waals surface area contributed by atoms with Crippen LogP contribution in [-0.4, -0.2) is 24.9 Å². The fraction of sp³-hybridized carbons (Fsp3) is 0.235. The van der Waals surface area contributed by atoms with Gasteiger partial charge >= 0.3 is 0 Å². The summed E-state index contributed by atoms with van der Waals surface area (Å²) >= 11 is 0. The lowest BCUT2D eigenvalue weighted by Gasteiger charge is -2.06. The lowest BCUT2D eigenvalue weighted by atomic mass is 9.97. The van der Waals surface area contributed by atoms with Gasteiger partial charge in [-0.3, -0.25) is 4.68 Å². The summed E-state index contributed by atoms with van der Waals surface area (Å²) in [6.07, 6.45) is 3.74. The topological polar surface area (TPSA) is 72.5 Å². The van der Waals surface area contributed by atoms with E-state index >= 15 is 0 Å². The molecule has 0 amide bonds. The van der Waals surface area contributed by atoms with E-state index in [4.69, 9.17) is 4.52 Å². The first-order valence-electron chi connectivity index (χ1n) is 7.45. The molecule has 6 heteroatoms. The van der Waals surface area contributed by atoms with Crippen molar-refractivity contribution in [3.05, 3.63) is 41.8 Å². The van der Waals surface area contributed by atoms with Gasteiger partial charge in [0, 0.05) is 29.9 Å². The van der Waals surface area contributed by atoms with Crippen LogP contribution in [0.3, 0.4) is 0 Å². The Morgan fingerprint density at radius 2 is 1.91 bits per heavy atom. The van der Waals surface area contributed by atoms with Gasteiger partial charge in [-0.25, -0.2) is 4.98 Å². The third-order valence-corrected chi connectivity index (χ3v) is 4.15. The van der Waals surface area contributed by atoms with Crippen LogP contribution in [0.5, 0.6) is 0 Å². The normalized spacial score (nSPS) is 11.5. The zero-order chi connectivity index (χ0) is 16.1. The molecule has 0 saturated carbocycles. The average molecular weight is 307 g/mol. The number of aromatic nitrogens is 5. The van der Waals surface area contributed by atoms with Crippen molar-refractivity contribution in [2.24, 2.45) is 7.05 Å². The van der Waals surface area contributed by atoms with Crippen molar-refractivity contribution in [1.82, 2.24) is 24.9 Å². The predicted octanol–water partition coefficient (Wildman–Crippen LogP) is 3.54.